The number of hydrogen-bond acceptors (Lipinski definition) is 7. The lowest BCUT2D eigenvalue weighted by atomic mass is 9.83. The average Bonchev–Trinajstić information content (AvgIpc) is 3.34. The van der Waals surface area contributed by atoms with Crippen molar-refractivity contribution < 1.29 is 23.1 Å². The van der Waals surface area contributed by atoms with E-state index >= 15 is 0 Å². The van der Waals surface area contributed by atoms with Crippen LogP contribution in [-0.2, 0) is 9.57 Å². The number of carbonyl (C=O) groups excluding carboxylic acids is 1. The van der Waals surface area contributed by atoms with Gasteiger partial charge in [-0.2, -0.15) is 0 Å². The zero-order valence-corrected chi connectivity index (χ0v) is 20.8. The van der Waals surface area contributed by atoms with Crippen LogP contribution in [0.2, 0.25) is 0 Å². The first kappa shape index (κ1) is 24.4. The highest BCUT2D eigenvalue weighted by atomic mass is 32.1. The molecule has 0 spiro atoms. The zero-order chi connectivity index (χ0) is 25.1. The number of rotatable bonds is 5. The molecule has 1 aromatic heterocycles. The molecule has 0 radical (unpaired) electrons. The highest BCUT2D eigenvalue weighted by molar-refractivity contribution is 7.22. The van der Waals surface area contributed by atoms with Crippen molar-refractivity contribution in [3.8, 4) is 0 Å². The van der Waals surface area contributed by atoms with Crippen LogP contribution in [0.5, 0.6) is 0 Å². The van der Waals surface area contributed by atoms with Gasteiger partial charge < -0.3 is 14.5 Å². The second kappa shape index (κ2) is 10.8. The normalized spacial score (nSPS) is 18.8. The number of carbonyl (C=O) groups is 1. The van der Waals surface area contributed by atoms with Gasteiger partial charge >= 0.3 is 6.09 Å². The average molecular weight is 515 g/mol. The summed E-state index contributed by atoms with van der Waals surface area (Å²) in [6.45, 7) is 1.76. The smallest absolute Gasteiger partial charge is 0.411 e. The number of methoxy groups -OCH3 is 1. The second-order valence-electron chi connectivity index (χ2n) is 9.16. The van der Waals surface area contributed by atoms with E-state index in [-0.39, 0.29) is 17.7 Å². The largest absolute Gasteiger partial charge is 0.453 e. The molecule has 1 N–H and O–H groups in total. The van der Waals surface area contributed by atoms with Gasteiger partial charge in [-0.05, 0) is 55.4 Å². The predicted molar refractivity (Wildman–Crippen MR) is 137 cm³/mol. The molecule has 1 aliphatic heterocycles. The Balaban J connectivity index is 1.11. The highest BCUT2D eigenvalue weighted by Crippen LogP contribution is 2.35. The van der Waals surface area contributed by atoms with E-state index in [1.165, 1.54) is 10.8 Å². The van der Waals surface area contributed by atoms with Gasteiger partial charge in [0.05, 0.1) is 28.7 Å². The van der Waals surface area contributed by atoms with Gasteiger partial charge in [0.15, 0.2) is 5.13 Å². The molecule has 1 saturated carbocycles. The van der Waals surface area contributed by atoms with Crippen molar-refractivity contribution in [2.45, 2.75) is 50.5 Å². The van der Waals surface area contributed by atoms with Crippen LogP contribution in [0.15, 0.2) is 41.6 Å². The molecule has 7 nitrogen and oxygen atoms in total. The minimum absolute atomic E-state index is 0.0715. The standard InChI is InChI=1S/C26H28F2N4O3S/c1-34-26(33)30-23-15-20(27)19(14-21(23)28)16-6-8-17(9-7-16)31-35-18-10-12-32(13-11-18)25-29-22-4-2-3-5-24(22)36-25/h2-5,14-16,18H,6-13H2,1H3,(H,30,33). The lowest BCUT2D eigenvalue weighted by Crippen LogP contribution is -2.36. The van der Waals surface area contributed by atoms with E-state index in [9.17, 15) is 13.6 Å². The van der Waals surface area contributed by atoms with E-state index in [4.69, 9.17) is 9.82 Å². The molecule has 0 unspecified atom stereocenters. The first-order valence-electron chi connectivity index (χ1n) is 12.2. The Kier molecular flexibility index (Phi) is 7.31. The number of benzene rings is 2. The van der Waals surface area contributed by atoms with Gasteiger partial charge in [0.2, 0.25) is 0 Å². The first-order valence-corrected chi connectivity index (χ1v) is 13.0. The maximum atomic E-state index is 14.7. The summed E-state index contributed by atoms with van der Waals surface area (Å²) in [4.78, 5) is 24.2. The third kappa shape index (κ3) is 5.43. The number of oxime groups is 1. The number of para-hydroxylation sites is 1. The third-order valence-corrected chi connectivity index (χ3v) is 7.93. The molecule has 36 heavy (non-hydrogen) atoms. The number of ether oxygens (including phenoxy) is 1. The Morgan fingerprint density at radius 3 is 2.58 bits per heavy atom. The Morgan fingerprint density at radius 1 is 1.11 bits per heavy atom. The molecule has 10 heteroatoms. The first-order chi connectivity index (χ1) is 17.5. The molecule has 2 aliphatic rings. The minimum Gasteiger partial charge on any atom is -0.453 e. The van der Waals surface area contributed by atoms with Crippen molar-refractivity contribution in [2.75, 3.05) is 30.4 Å². The molecule has 190 valence electrons. The number of thiazole rings is 1. The third-order valence-electron chi connectivity index (χ3n) is 6.84. The van der Waals surface area contributed by atoms with Gasteiger partial charge in [0.25, 0.3) is 0 Å². The highest BCUT2D eigenvalue weighted by Gasteiger charge is 2.26. The predicted octanol–water partition coefficient (Wildman–Crippen LogP) is 6.45. The Bertz CT molecular complexity index is 1230. The molecule has 5 rings (SSSR count). The van der Waals surface area contributed by atoms with E-state index in [1.807, 2.05) is 18.2 Å². The van der Waals surface area contributed by atoms with E-state index < -0.39 is 17.7 Å². The lowest BCUT2D eigenvalue weighted by molar-refractivity contribution is 0.0408. The summed E-state index contributed by atoms with van der Waals surface area (Å²) in [5.74, 6) is -1.33. The molecule has 0 bridgehead atoms. The summed E-state index contributed by atoms with van der Waals surface area (Å²) in [6, 6.07) is 10.4. The van der Waals surface area contributed by atoms with Crippen LogP contribution in [0.3, 0.4) is 0 Å². The second-order valence-corrected chi connectivity index (χ2v) is 10.2. The monoisotopic (exact) mass is 514 g/mol. The number of fused-ring (bicyclic) bond motifs is 1. The van der Waals surface area contributed by atoms with Gasteiger partial charge in [-0.15, -0.1) is 0 Å². The Morgan fingerprint density at radius 2 is 1.86 bits per heavy atom. The van der Waals surface area contributed by atoms with Crippen LogP contribution in [0.25, 0.3) is 10.2 Å². The van der Waals surface area contributed by atoms with E-state index in [1.54, 1.807) is 11.3 Å². The molecular weight excluding hydrogens is 486 g/mol. The van der Waals surface area contributed by atoms with Gasteiger partial charge in [-0.3, -0.25) is 5.32 Å². The number of aromatic nitrogens is 1. The van der Waals surface area contributed by atoms with E-state index in [0.29, 0.717) is 31.2 Å². The Hall–Kier alpha value is -3.27. The number of hydrogen-bond donors (Lipinski definition) is 1. The van der Waals surface area contributed by atoms with Crippen LogP contribution in [-0.4, -0.2) is 43.1 Å². The van der Waals surface area contributed by atoms with Crippen molar-refractivity contribution >= 4 is 44.2 Å². The fourth-order valence-corrected chi connectivity index (χ4v) is 5.80. The van der Waals surface area contributed by atoms with Crippen molar-refractivity contribution in [1.29, 1.82) is 0 Å². The quantitative estimate of drug-likeness (QED) is 0.396. The summed E-state index contributed by atoms with van der Waals surface area (Å²) < 4.78 is 34.7. The molecule has 1 saturated heterocycles. The van der Waals surface area contributed by atoms with Crippen LogP contribution in [0, 0.1) is 11.6 Å². The van der Waals surface area contributed by atoms with Crippen molar-refractivity contribution in [3.05, 3.63) is 53.6 Å². The zero-order valence-electron chi connectivity index (χ0n) is 20.0. The number of piperidine rings is 1. The van der Waals surface area contributed by atoms with E-state index in [0.717, 1.165) is 55.5 Å². The van der Waals surface area contributed by atoms with Gasteiger partial charge in [0.1, 0.15) is 17.7 Å². The molecule has 3 aromatic rings. The number of anilines is 2. The van der Waals surface area contributed by atoms with Crippen LogP contribution in [0.4, 0.5) is 24.4 Å². The van der Waals surface area contributed by atoms with Crippen molar-refractivity contribution in [3.63, 3.8) is 0 Å². The van der Waals surface area contributed by atoms with Gasteiger partial charge in [-0.1, -0.05) is 28.6 Å². The van der Waals surface area contributed by atoms with Crippen LogP contribution < -0.4 is 10.2 Å². The van der Waals surface area contributed by atoms with E-state index in [2.05, 4.69) is 26.2 Å². The number of amides is 1. The van der Waals surface area contributed by atoms with Gasteiger partial charge in [0, 0.05) is 32.0 Å². The summed E-state index contributed by atoms with van der Waals surface area (Å²) >= 11 is 1.72. The summed E-state index contributed by atoms with van der Waals surface area (Å²) in [7, 11) is 1.16. The fraction of sp³-hybridized carbons (Fsp3) is 0.423. The summed E-state index contributed by atoms with van der Waals surface area (Å²) in [5, 5.41) is 7.66. The fourth-order valence-electron chi connectivity index (χ4n) is 4.78. The number of halogens is 2. The maximum Gasteiger partial charge on any atom is 0.411 e. The molecule has 0 atom stereocenters. The van der Waals surface area contributed by atoms with Gasteiger partial charge in [-0.25, -0.2) is 18.6 Å². The minimum atomic E-state index is -0.845. The number of nitrogens with zero attached hydrogens (tertiary/aromatic N) is 3. The number of nitrogens with one attached hydrogen (secondary N) is 1. The summed E-state index contributed by atoms with van der Waals surface area (Å²) in [5.41, 5.74) is 2.09. The van der Waals surface area contributed by atoms with Crippen molar-refractivity contribution in [2.24, 2.45) is 5.16 Å². The van der Waals surface area contributed by atoms with Crippen LogP contribution in [0.1, 0.15) is 50.0 Å². The van der Waals surface area contributed by atoms with Crippen molar-refractivity contribution in [1.82, 2.24) is 4.98 Å². The topological polar surface area (TPSA) is 76.1 Å². The molecule has 2 heterocycles. The molecule has 2 fully saturated rings. The molecule has 1 amide bonds. The summed E-state index contributed by atoms with van der Waals surface area (Å²) in [6.07, 6.45) is 3.68. The SMILES string of the molecule is COC(=O)Nc1cc(F)c(C2CCC(=NOC3CCN(c4nc5ccccc5s4)CC3)CC2)cc1F. The molecular formula is C26H28F2N4O3S. The molecule has 2 aromatic carbocycles. The lowest BCUT2D eigenvalue weighted by Gasteiger charge is -2.30. The Labute approximate surface area is 212 Å². The van der Waals surface area contributed by atoms with Crippen LogP contribution >= 0.6 is 11.3 Å². The maximum absolute atomic E-state index is 14.7. The molecule has 1 aliphatic carbocycles.